The van der Waals surface area contributed by atoms with Crippen molar-refractivity contribution in [1.29, 1.82) is 0 Å². The summed E-state index contributed by atoms with van der Waals surface area (Å²) in [6.45, 7) is 0. The van der Waals surface area contributed by atoms with Crippen LogP contribution in [0.2, 0.25) is 0 Å². The van der Waals surface area contributed by atoms with Crippen LogP contribution in [0.1, 0.15) is 10.4 Å². The second-order valence-electron chi connectivity index (χ2n) is 5.27. The summed E-state index contributed by atoms with van der Waals surface area (Å²) < 4.78 is 10.6. The first-order valence-electron chi connectivity index (χ1n) is 7.47. The molecule has 0 aliphatic rings. The van der Waals surface area contributed by atoms with Gasteiger partial charge in [0.15, 0.2) is 0 Å². The molecule has 0 aliphatic carbocycles. The number of aromatic nitrogens is 2. The standard InChI is InChI=1S/C18H13N3O3S/c1-23-14-4-2-3-11(7-14)16(22)21-18-20-15-8-13(9-19-17(15)24-18)12-5-6-25-10-12/h2-10H,1H3,(H,20,21,22). The van der Waals surface area contributed by atoms with Crippen molar-refractivity contribution in [2.75, 3.05) is 12.4 Å². The Balaban J connectivity index is 1.60. The second kappa shape index (κ2) is 6.37. The number of nitrogens with one attached hydrogen (secondary N) is 1. The Morgan fingerprint density at radius 3 is 2.96 bits per heavy atom. The zero-order valence-corrected chi connectivity index (χ0v) is 14.0. The molecule has 6 nitrogen and oxygen atoms in total. The molecule has 0 saturated carbocycles. The summed E-state index contributed by atoms with van der Waals surface area (Å²) in [5.41, 5.74) is 3.44. The highest BCUT2D eigenvalue weighted by Gasteiger charge is 2.13. The van der Waals surface area contributed by atoms with Crippen LogP contribution in [0.15, 0.2) is 57.8 Å². The molecule has 3 heterocycles. The fourth-order valence-corrected chi connectivity index (χ4v) is 3.06. The first-order valence-corrected chi connectivity index (χ1v) is 8.42. The number of oxazole rings is 1. The summed E-state index contributed by atoms with van der Waals surface area (Å²) in [6, 6.07) is 10.9. The molecule has 4 aromatic rings. The van der Waals surface area contributed by atoms with Crippen LogP contribution in [-0.4, -0.2) is 23.0 Å². The van der Waals surface area contributed by atoms with Gasteiger partial charge in [-0.1, -0.05) is 6.07 Å². The number of thiophene rings is 1. The number of rotatable bonds is 4. The van der Waals surface area contributed by atoms with Gasteiger partial charge in [-0.2, -0.15) is 16.3 Å². The number of hydrogen-bond donors (Lipinski definition) is 1. The first-order chi connectivity index (χ1) is 12.2. The van der Waals surface area contributed by atoms with Gasteiger partial charge in [0.2, 0.25) is 5.71 Å². The Kier molecular flexibility index (Phi) is 3.91. The van der Waals surface area contributed by atoms with E-state index in [-0.39, 0.29) is 11.9 Å². The van der Waals surface area contributed by atoms with Crippen LogP contribution in [-0.2, 0) is 0 Å². The van der Waals surface area contributed by atoms with Gasteiger partial charge in [0.05, 0.1) is 7.11 Å². The maximum absolute atomic E-state index is 12.3. The largest absolute Gasteiger partial charge is 0.497 e. The fourth-order valence-electron chi connectivity index (χ4n) is 2.40. The Bertz CT molecular complexity index is 1040. The number of hydrogen-bond acceptors (Lipinski definition) is 6. The fraction of sp³-hybridized carbons (Fsp3) is 0.0556. The monoisotopic (exact) mass is 351 g/mol. The third-order valence-electron chi connectivity index (χ3n) is 3.65. The maximum Gasteiger partial charge on any atom is 0.304 e. The normalized spacial score (nSPS) is 10.8. The first kappa shape index (κ1) is 15.3. The number of amides is 1. The van der Waals surface area contributed by atoms with Crippen molar-refractivity contribution < 1.29 is 13.9 Å². The minimum absolute atomic E-state index is 0.109. The van der Waals surface area contributed by atoms with Crippen LogP contribution in [0.3, 0.4) is 0 Å². The Hall–Kier alpha value is -3.19. The van der Waals surface area contributed by atoms with E-state index in [0.29, 0.717) is 22.5 Å². The molecule has 0 atom stereocenters. The van der Waals surface area contributed by atoms with E-state index in [2.05, 4.69) is 15.3 Å². The molecule has 1 amide bonds. The summed E-state index contributed by atoms with van der Waals surface area (Å²) >= 11 is 1.62. The maximum atomic E-state index is 12.3. The molecule has 0 saturated heterocycles. The molecule has 0 spiro atoms. The number of anilines is 1. The van der Waals surface area contributed by atoms with Crippen LogP contribution in [0.25, 0.3) is 22.4 Å². The molecule has 0 unspecified atom stereocenters. The van der Waals surface area contributed by atoms with E-state index in [1.54, 1.807) is 48.9 Å². The molecule has 0 bridgehead atoms. The van der Waals surface area contributed by atoms with Crippen LogP contribution in [0.4, 0.5) is 6.01 Å². The topological polar surface area (TPSA) is 77.2 Å². The summed E-state index contributed by atoms with van der Waals surface area (Å²) in [5.74, 6) is 0.274. The zero-order chi connectivity index (χ0) is 17.2. The summed E-state index contributed by atoms with van der Waals surface area (Å²) in [4.78, 5) is 20.9. The van der Waals surface area contributed by atoms with Gasteiger partial charge >= 0.3 is 6.01 Å². The SMILES string of the molecule is COc1cccc(C(=O)Nc2nc3cc(-c4ccsc4)cnc3o2)c1. The van der Waals surface area contributed by atoms with Crippen LogP contribution in [0.5, 0.6) is 5.75 Å². The van der Waals surface area contributed by atoms with Gasteiger partial charge in [0, 0.05) is 17.3 Å². The van der Waals surface area contributed by atoms with Crippen molar-refractivity contribution in [3.8, 4) is 16.9 Å². The van der Waals surface area contributed by atoms with Crippen molar-refractivity contribution in [3.63, 3.8) is 0 Å². The van der Waals surface area contributed by atoms with E-state index in [1.165, 1.54) is 0 Å². The predicted octanol–water partition coefficient (Wildman–Crippen LogP) is 4.21. The lowest BCUT2D eigenvalue weighted by Crippen LogP contribution is -2.12. The number of ether oxygens (including phenoxy) is 1. The average Bonchev–Trinajstić information content (AvgIpc) is 3.30. The van der Waals surface area contributed by atoms with Crippen molar-refractivity contribution in [3.05, 3.63) is 58.9 Å². The van der Waals surface area contributed by atoms with Gasteiger partial charge in [-0.3, -0.25) is 10.1 Å². The van der Waals surface area contributed by atoms with Crippen molar-refractivity contribution >= 4 is 34.5 Å². The zero-order valence-electron chi connectivity index (χ0n) is 13.2. The number of benzene rings is 1. The van der Waals surface area contributed by atoms with Crippen molar-refractivity contribution in [2.45, 2.75) is 0 Å². The van der Waals surface area contributed by atoms with Crippen molar-refractivity contribution in [2.24, 2.45) is 0 Å². The molecule has 0 aliphatic heterocycles. The quantitative estimate of drug-likeness (QED) is 0.596. The number of pyridine rings is 1. The lowest BCUT2D eigenvalue weighted by molar-refractivity contribution is 0.102. The molecule has 25 heavy (non-hydrogen) atoms. The van der Waals surface area contributed by atoms with Crippen molar-refractivity contribution in [1.82, 2.24) is 9.97 Å². The molecule has 1 N–H and O–H groups in total. The van der Waals surface area contributed by atoms with Gasteiger partial charge in [-0.05, 0) is 46.7 Å². The number of carbonyl (C=O) groups excluding carboxylic acids is 1. The van der Waals surface area contributed by atoms with Gasteiger partial charge in [-0.15, -0.1) is 0 Å². The van der Waals surface area contributed by atoms with Gasteiger partial charge in [0.1, 0.15) is 11.3 Å². The van der Waals surface area contributed by atoms with Gasteiger partial charge in [-0.25, -0.2) is 4.98 Å². The smallest absolute Gasteiger partial charge is 0.304 e. The summed E-state index contributed by atoms with van der Waals surface area (Å²) in [6.07, 6.45) is 1.73. The van der Waals surface area contributed by atoms with E-state index in [9.17, 15) is 4.79 Å². The lowest BCUT2D eigenvalue weighted by Gasteiger charge is -2.03. The molecule has 4 rings (SSSR count). The molecule has 7 heteroatoms. The number of carbonyl (C=O) groups is 1. The second-order valence-corrected chi connectivity index (χ2v) is 6.05. The Labute approximate surface area is 147 Å². The summed E-state index contributed by atoms with van der Waals surface area (Å²) in [7, 11) is 1.55. The number of methoxy groups -OCH3 is 1. The van der Waals surface area contributed by atoms with E-state index >= 15 is 0 Å². The number of nitrogens with zero attached hydrogens (tertiary/aromatic N) is 2. The van der Waals surface area contributed by atoms with Crippen LogP contribution in [0, 0.1) is 0 Å². The number of fused-ring (bicyclic) bond motifs is 1. The average molecular weight is 351 g/mol. The molecule has 1 aromatic carbocycles. The molecule has 0 radical (unpaired) electrons. The molecular formula is C18H13N3O3S. The van der Waals surface area contributed by atoms with Gasteiger partial charge in [0.25, 0.3) is 5.91 Å². The highest BCUT2D eigenvalue weighted by atomic mass is 32.1. The highest BCUT2D eigenvalue weighted by Crippen LogP contribution is 2.26. The van der Waals surface area contributed by atoms with Gasteiger partial charge < -0.3 is 9.15 Å². The molecule has 0 fully saturated rings. The van der Waals surface area contributed by atoms with E-state index in [1.807, 2.05) is 22.9 Å². The van der Waals surface area contributed by atoms with E-state index < -0.39 is 0 Å². The summed E-state index contributed by atoms with van der Waals surface area (Å²) in [5, 5.41) is 6.68. The van der Waals surface area contributed by atoms with Crippen LogP contribution >= 0.6 is 11.3 Å². The molecule has 3 aromatic heterocycles. The molecular weight excluding hydrogens is 338 g/mol. The predicted molar refractivity (Wildman–Crippen MR) is 96.1 cm³/mol. The van der Waals surface area contributed by atoms with E-state index in [4.69, 9.17) is 9.15 Å². The minimum atomic E-state index is -0.330. The highest BCUT2D eigenvalue weighted by molar-refractivity contribution is 7.08. The Morgan fingerprint density at radius 1 is 1.24 bits per heavy atom. The third-order valence-corrected chi connectivity index (χ3v) is 4.34. The minimum Gasteiger partial charge on any atom is -0.497 e. The Morgan fingerprint density at radius 2 is 2.16 bits per heavy atom. The lowest BCUT2D eigenvalue weighted by atomic mass is 10.1. The van der Waals surface area contributed by atoms with Crippen LogP contribution < -0.4 is 10.1 Å². The third kappa shape index (κ3) is 3.09. The van der Waals surface area contributed by atoms with E-state index in [0.717, 1.165) is 11.1 Å². The molecule has 124 valence electrons.